The smallest absolute Gasteiger partial charge is 0.327 e. The van der Waals surface area contributed by atoms with E-state index in [2.05, 4.69) is 58.8 Å². The molecule has 2 aliphatic heterocycles. The van der Waals surface area contributed by atoms with Gasteiger partial charge in [-0.3, -0.25) is 52.9 Å². The highest BCUT2D eigenvalue weighted by Crippen LogP contribution is 2.24. The number of nitrogens with two attached hydrogens (primary N) is 2. The number of carboxylic acid groups (broad SMARTS) is 3. The summed E-state index contributed by atoms with van der Waals surface area (Å²) in [6.45, 7) is 2.80. The molecule has 2 bridgehead atoms. The van der Waals surface area contributed by atoms with Crippen molar-refractivity contribution in [3.05, 3.63) is 35.9 Å². The van der Waals surface area contributed by atoms with Crippen LogP contribution >= 0.6 is 43.2 Å². The highest BCUT2D eigenvalue weighted by atomic mass is 33.1. The minimum Gasteiger partial charge on any atom is -0.481 e. The lowest BCUT2D eigenvalue weighted by molar-refractivity contribution is -0.141. The summed E-state index contributed by atoms with van der Waals surface area (Å²) in [4.78, 5) is 147. The number of unbranched alkanes of at least 4 members (excludes halogenated alkanes) is 1. The van der Waals surface area contributed by atoms with Gasteiger partial charge in [0.2, 0.25) is 47.3 Å². The normalized spacial score (nSPS) is 20.4. The zero-order chi connectivity index (χ0) is 56.4. The Morgan fingerprint density at radius 2 is 1.18 bits per heavy atom. The van der Waals surface area contributed by atoms with Gasteiger partial charge in [0.15, 0.2) is 5.96 Å². The lowest BCUT2D eigenvalue weighted by Crippen LogP contribution is -2.58. The van der Waals surface area contributed by atoms with Crippen molar-refractivity contribution in [1.82, 2.24) is 47.9 Å². The van der Waals surface area contributed by atoms with Gasteiger partial charge in [0.25, 0.3) is 11.9 Å². The van der Waals surface area contributed by atoms with Crippen molar-refractivity contribution in [3.8, 4) is 12.3 Å². The fraction of sp³-hybridized carbons (Fsp3) is 0.512. The van der Waals surface area contributed by atoms with Gasteiger partial charge in [0.05, 0.1) is 32.2 Å². The summed E-state index contributed by atoms with van der Waals surface area (Å²) < 4.78 is 0. The summed E-state index contributed by atoms with van der Waals surface area (Å²) in [5, 5.41) is 47.2. The van der Waals surface area contributed by atoms with Crippen molar-refractivity contribution in [2.45, 2.75) is 76.7 Å². The number of benzene rings is 1. The van der Waals surface area contributed by atoms with Gasteiger partial charge >= 0.3 is 5.97 Å². The molecule has 1 aromatic carbocycles. The molecule has 5 atom stereocenters. The van der Waals surface area contributed by atoms with E-state index in [-0.39, 0.29) is 35.4 Å². The molecule has 2 aliphatic rings. The molecule has 74 heavy (non-hydrogen) atoms. The first-order valence-corrected chi connectivity index (χ1v) is 27.0. The van der Waals surface area contributed by atoms with E-state index >= 15 is 0 Å². The van der Waals surface area contributed by atoms with Gasteiger partial charge in [-0.2, -0.15) is 0 Å². The Morgan fingerprint density at radius 1 is 0.703 bits per heavy atom. The Hall–Kier alpha value is -6.75. The van der Waals surface area contributed by atoms with Gasteiger partial charge in [0.1, 0.15) is 30.5 Å². The van der Waals surface area contributed by atoms with Crippen molar-refractivity contribution in [2.24, 2.45) is 16.5 Å². The van der Waals surface area contributed by atoms with E-state index in [4.69, 9.17) is 37.7 Å². The number of fused-ring (bicyclic) bond motifs is 5. The van der Waals surface area contributed by atoms with Crippen LogP contribution < -0.4 is 59.3 Å². The van der Waals surface area contributed by atoms with Crippen LogP contribution in [0.3, 0.4) is 0 Å². The molecule has 0 radical (unpaired) electrons. The first kappa shape index (κ1) is 69.3. The van der Waals surface area contributed by atoms with Crippen LogP contribution in [0.15, 0.2) is 35.3 Å². The van der Waals surface area contributed by atoms with Crippen molar-refractivity contribution in [1.29, 1.82) is 0 Å². The first-order chi connectivity index (χ1) is 35.0. The lowest BCUT2D eigenvalue weighted by Gasteiger charge is -2.25. The molecule has 2 heterocycles. The summed E-state index contributed by atoms with van der Waals surface area (Å²) in [5.74, 6) is -6.47. The third kappa shape index (κ3) is 37.9. The Bertz CT molecular complexity index is 2050. The standard InChI is InChI=1S/C30H41N9O10S4.C5H6O.C4H11N3.2C2H4O2/c1-31-18-12-50-53-15-21(30(48)49)39-28(46)17(7-16-5-3-2-4-6-16)38-29(47)20-14-52-51-13-19(36-25(43)11-35-26(18)44)27(45)34-9-23(41)32-8-22(40)33-10-24(42)37-20;1-2-3-4-5-6;1-2-3-7-4(5)6;2*1-2(3)4/h2-6,17-21,31H,7-15H2,1H3,(H,32,41)(H,33,40)(H,34,45)(H,35,44)(H,36,43)(H,37,42)(H,38,47)(H,39,46)(H,48,49);1,5H,3-4H2;2-3H2,1H3,(H4,5,6,7);2*1H3,(H,3,4)/t17-,18?,19?,20?,21?;;;;/m0..../s1. The lowest BCUT2D eigenvalue weighted by atomic mass is 10.0. The number of aliphatic imine (C=N–C) groups is 1. The second-order valence-corrected chi connectivity index (χ2v) is 19.7. The third-order valence-corrected chi connectivity index (χ3v) is 13.1. The number of guanidine groups is 1. The highest BCUT2D eigenvalue weighted by molar-refractivity contribution is 8.77. The van der Waals surface area contributed by atoms with Crippen LogP contribution in [-0.2, 0) is 64.0 Å². The van der Waals surface area contributed by atoms with E-state index in [0.29, 0.717) is 18.4 Å². The summed E-state index contributed by atoms with van der Waals surface area (Å²) in [6.07, 6.45) is 7.66. The summed E-state index contributed by atoms with van der Waals surface area (Å²) in [6, 6.07) is 2.68. The number of aldehydes is 1. The van der Waals surface area contributed by atoms with Gasteiger partial charge in [-0.1, -0.05) is 80.4 Å². The summed E-state index contributed by atoms with van der Waals surface area (Å²) in [5.41, 5.74) is 10.7. The minimum absolute atomic E-state index is 0.0353. The number of aliphatic carboxylic acids is 3. The van der Waals surface area contributed by atoms with E-state index in [1.807, 2.05) is 6.92 Å². The largest absolute Gasteiger partial charge is 0.481 e. The highest BCUT2D eigenvalue weighted by Gasteiger charge is 2.31. The van der Waals surface area contributed by atoms with Gasteiger partial charge < -0.3 is 79.4 Å². The van der Waals surface area contributed by atoms with Crippen molar-refractivity contribution in [3.63, 3.8) is 0 Å². The molecule has 0 aliphatic carbocycles. The minimum atomic E-state index is -1.38. The molecule has 2 saturated heterocycles. The maximum absolute atomic E-state index is 13.7. The number of nitrogens with zero attached hydrogens (tertiary/aromatic N) is 1. The maximum atomic E-state index is 13.7. The average Bonchev–Trinajstić information content (AvgIpc) is 3.34. The number of terminal acetylenes is 1. The number of rotatable bonds is 8. The van der Waals surface area contributed by atoms with Crippen molar-refractivity contribution in [2.75, 3.05) is 62.8 Å². The summed E-state index contributed by atoms with van der Waals surface area (Å²) >= 11 is 0. The Balaban J connectivity index is 0. The number of hydrogen-bond acceptors (Lipinski definition) is 18. The number of nitrogens with one attached hydrogen (secondary N) is 9. The Labute approximate surface area is 443 Å². The zero-order valence-corrected chi connectivity index (χ0v) is 44.4. The second kappa shape index (κ2) is 42.7. The van der Waals surface area contributed by atoms with Gasteiger partial charge in [-0.25, -0.2) is 4.79 Å². The number of carboxylic acids is 3. The number of amides is 8. The third-order valence-electron chi connectivity index (χ3n) is 8.27. The molecule has 1 aromatic rings. The predicted molar refractivity (Wildman–Crippen MR) is 282 cm³/mol. The van der Waals surface area contributed by atoms with Crippen LogP contribution in [0.1, 0.15) is 45.6 Å². The number of likely N-dealkylation sites (N-methyl/N-ethyl adjacent to an activating group) is 1. The van der Waals surface area contributed by atoms with E-state index in [0.717, 1.165) is 76.3 Å². The van der Waals surface area contributed by atoms with Crippen LogP contribution in [-0.4, -0.2) is 186 Å². The van der Waals surface area contributed by atoms with Gasteiger partial charge in [-0.15, -0.1) is 12.3 Å². The average molecular weight is 1120 g/mol. The zero-order valence-electron chi connectivity index (χ0n) is 41.1. The molecule has 8 amide bonds. The molecular weight excluding hydrogens is 1050 g/mol. The maximum Gasteiger partial charge on any atom is 0.327 e. The SMILES string of the molecule is C#CCCC=O.CC(=O)O.CC(=O)O.CCCN=C(N)N.CNC1CSSCC(C(=O)O)NC(=O)[C@H](Cc2ccccc2)NC(=O)C2CSSCC(NC(=O)CNC1=O)C(=O)NCC(=O)NCC(=O)NCC(=O)N2. The molecule has 2 fully saturated rings. The quantitative estimate of drug-likeness (QED) is 0.0301. The number of hydrogen-bond donors (Lipinski definition) is 14. The number of carbonyl (C=O) groups excluding carboxylic acids is 9. The second-order valence-electron chi connectivity index (χ2n) is 14.6. The monoisotopic (exact) mass is 1120 g/mol. The van der Waals surface area contributed by atoms with Crippen molar-refractivity contribution < 1.29 is 72.9 Å². The molecular formula is C43H66N12O15S4. The predicted octanol–water partition coefficient (Wildman–Crippen LogP) is -3.45. The Morgan fingerprint density at radius 3 is 1.64 bits per heavy atom. The summed E-state index contributed by atoms with van der Waals surface area (Å²) in [7, 11) is 5.85. The van der Waals surface area contributed by atoms with Crippen LogP contribution in [0, 0.1) is 12.3 Å². The van der Waals surface area contributed by atoms with E-state index < -0.39 is 122 Å². The fourth-order valence-corrected chi connectivity index (χ4v) is 9.57. The molecule has 31 heteroatoms. The molecule has 0 aromatic heterocycles. The van der Waals surface area contributed by atoms with Gasteiger partial charge in [-0.05, 0) is 19.0 Å². The molecule has 4 unspecified atom stereocenters. The molecule has 0 spiro atoms. The molecule has 27 nitrogen and oxygen atoms in total. The first-order valence-electron chi connectivity index (χ1n) is 22.0. The van der Waals surface area contributed by atoms with E-state index in [9.17, 15) is 53.1 Å². The Kier molecular flexibility index (Phi) is 40.0. The van der Waals surface area contributed by atoms with E-state index in [1.54, 1.807) is 30.3 Å². The van der Waals surface area contributed by atoms with Crippen molar-refractivity contribution >= 4 is 121 Å². The molecule has 412 valence electrons. The molecule has 16 N–H and O–H groups in total. The van der Waals surface area contributed by atoms with Gasteiger partial charge in [0, 0.05) is 62.7 Å². The van der Waals surface area contributed by atoms with Crippen LogP contribution in [0.4, 0.5) is 0 Å². The molecule has 3 rings (SSSR count). The molecule has 0 saturated carbocycles. The van der Waals surface area contributed by atoms with E-state index in [1.165, 1.54) is 7.05 Å². The topological polar surface area (TPSA) is 438 Å². The van der Waals surface area contributed by atoms with Crippen LogP contribution in [0.25, 0.3) is 0 Å². The fourth-order valence-electron chi connectivity index (χ4n) is 4.84. The van der Waals surface area contributed by atoms with Crippen LogP contribution in [0.5, 0.6) is 0 Å². The number of carbonyl (C=O) groups is 12. The van der Waals surface area contributed by atoms with Crippen LogP contribution in [0.2, 0.25) is 0 Å².